The average molecular weight is 199 g/mol. The zero-order valence-electron chi connectivity index (χ0n) is 8.98. The molecule has 1 aliphatic heterocycles. The van der Waals surface area contributed by atoms with E-state index in [4.69, 9.17) is 9.84 Å². The van der Waals surface area contributed by atoms with Gasteiger partial charge in [-0.15, -0.1) is 6.58 Å². The molecule has 1 saturated heterocycles. The molecule has 3 heteroatoms. The SMILES string of the molecule is C=CCN(CCO)CC1CCC(C)O1. The van der Waals surface area contributed by atoms with Crippen molar-refractivity contribution in [2.45, 2.75) is 32.0 Å². The summed E-state index contributed by atoms with van der Waals surface area (Å²) in [6.07, 6.45) is 4.91. The largest absolute Gasteiger partial charge is 0.395 e. The summed E-state index contributed by atoms with van der Waals surface area (Å²) >= 11 is 0. The van der Waals surface area contributed by atoms with Gasteiger partial charge in [-0.05, 0) is 19.8 Å². The number of aliphatic hydroxyl groups excluding tert-OH is 1. The van der Waals surface area contributed by atoms with Crippen LogP contribution in [-0.2, 0) is 4.74 Å². The van der Waals surface area contributed by atoms with Crippen molar-refractivity contribution in [1.82, 2.24) is 4.90 Å². The lowest BCUT2D eigenvalue weighted by Gasteiger charge is -2.23. The maximum absolute atomic E-state index is 8.87. The minimum Gasteiger partial charge on any atom is -0.395 e. The molecule has 0 aromatic carbocycles. The van der Waals surface area contributed by atoms with E-state index in [0.717, 1.165) is 25.9 Å². The molecule has 0 amide bonds. The van der Waals surface area contributed by atoms with Crippen LogP contribution < -0.4 is 0 Å². The molecule has 1 heterocycles. The van der Waals surface area contributed by atoms with Crippen LogP contribution in [0.3, 0.4) is 0 Å². The van der Waals surface area contributed by atoms with Crippen molar-refractivity contribution >= 4 is 0 Å². The van der Waals surface area contributed by atoms with Gasteiger partial charge >= 0.3 is 0 Å². The van der Waals surface area contributed by atoms with Gasteiger partial charge in [0, 0.05) is 19.6 Å². The fraction of sp³-hybridized carbons (Fsp3) is 0.818. The van der Waals surface area contributed by atoms with E-state index < -0.39 is 0 Å². The molecule has 3 nitrogen and oxygen atoms in total. The third-order valence-electron chi connectivity index (χ3n) is 2.59. The molecule has 1 fully saturated rings. The predicted molar refractivity (Wildman–Crippen MR) is 57.3 cm³/mol. The first-order chi connectivity index (χ1) is 6.76. The molecule has 1 rings (SSSR count). The Morgan fingerprint density at radius 3 is 2.86 bits per heavy atom. The highest BCUT2D eigenvalue weighted by atomic mass is 16.5. The number of rotatable bonds is 6. The summed E-state index contributed by atoms with van der Waals surface area (Å²) in [7, 11) is 0. The van der Waals surface area contributed by atoms with E-state index in [2.05, 4.69) is 18.4 Å². The first-order valence-corrected chi connectivity index (χ1v) is 5.35. The van der Waals surface area contributed by atoms with E-state index in [1.807, 2.05) is 6.08 Å². The first-order valence-electron chi connectivity index (χ1n) is 5.35. The molecular weight excluding hydrogens is 178 g/mol. The highest BCUT2D eigenvalue weighted by Crippen LogP contribution is 2.19. The Balaban J connectivity index is 2.27. The first kappa shape index (κ1) is 11.7. The molecule has 1 N–H and O–H groups in total. The summed E-state index contributed by atoms with van der Waals surface area (Å²) in [5.41, 5.74) is 0. The van der Waals surface area contributed by atoms with Crippen LogP contribution in [-0.4, -0.2) is 48.5 Å². The molecule has 0 aliphatic carbocycles. The van der Waals surface area contributed by atoms with Crippen molar-refractivity contribution in [3.8, 4) is 0 Å². The topological polar surface area (TPSA) is 32.7 Å². The van der Waals surface area contributed by atoms with Gasteiger partial charge in [0.1, 0.15) is 0 Å². The van der Waals surface area contributed by atoms with E-state index in [9.17, 15) is 0 Å². The molecule has 0 aromatic heterocycles. The molecule has 0 radical (unpaired) electrons. The second-order valence-electron chi connectivity index (χ2n) is 3.92. The van der Waals surface area contributed by atoms with Crippen LogP contribution in [0.5, 0.6) is 0 Å². The Bertz CT molecular complexity index is 173. The van der Waals surface area contributed by atoms with Gasteiger partial charge in [0.25, 0.3) is 0 Å². The van der Waals surface area contributed by atoms with Gasteiger partial charge < -0.3 is 9.84 Å². The summed E-state index contributed by atoms with van der Waals surface area (Å²) in [6, 6.07) is 0. The fourth-order valence-electron chi connectivity index (χ4n) is 1.89. The highest BCUT2D eigenvalue weighted by molar-refractivity contribution is 4.78. The van der Waals surface area contributed by atoms with Crippen LogP contribution in [0.1, 0.15) is 19.8 Å². The molecule has 0 spiro atoms. The van der Waals surface area contributed by atoms with Gasteiger partial charge in [-0.3, -0.25) is 4.90 Å². The smallest absolute Gasteiger partial charge is 0.0706 e. The summed E-state index contributed by atoms with van der Waals surface area (Å²) in [5.74, 6) is 0. The van der Waals surface area contributed by atoms with Crippen LogP contribution in [0.4, 0.5) is 0 Å². The Morgan fingerprint density at radius 2 is 2.36 bits per heavy atom. The Hall–Kier alpha value is -0.380. The summed E-state index contributed by atoms with van der Waals surface area (Å²) in [4.78, 5) is 2.18. The Morgan fingerprint density at radius 1 is 1.57 bits per heavy atom. The van der Waals surface area contributed by atoms with Crippen molar-refractivity contribution < 1.29 is 9.84 Å². The van der Waals surface area contributed by atoms with Gasteiger partial charge in [0.2, 0.25) is 0 Å². The standard InChI is InChI=1S/C11H21NO2/c1-3-6-12(7-8-13)9-11-5-4-10(2)14-11/h3,10-11,13H,1,4-9H2,2H3. The Kier molecular flexibility index (Phi) is 5.15. The predicted octanol–water partition coefficient (Wildman–Crippen LogP) is 1.03. The minimum atomic E-state index is 0.204. The molecule has 2 unspecified atom stereocenters. The van der Waals surface area contributed by atoms with E-state index in [0.29, 0.717) is 18.8 Å². The maximum Gasteiger partial charge on any atom is 0.0706 e. The zero-order valence-corrected chi connectivity index (χ0v) is 8.98. The molecule has 0 aromatic rings. The molecule has 2 atom stereocenters. The number of hydrogen-bond acceptors (Lipinski definition) is 3. The van der Waals surface area contributed by atoms with E-state index in [1.54, 1.807) is 0 Å². The summed E-state index contributed by atoms with van der Waals surface area (Å²) in [5, 5.41) is 8.87. The number of ether oxygens (including phenoxy) is 1. The lowest BCUT2D eigenvalue weighted by atomic mass is 10.2. The lowest BCUT2D eigenvalue weighted by Crippen LogP contribution is -2.34. The molecule has 1 aliphatic rings. The second kappa shape index (κ2) is 6.17. The molecule has 82 valence electrons. The van der Waals surface area contributed by atoms with Gasteiger partial charge in [-0.25, -0.2) is 0 Å². The fourth-order valence-corrected chi connectivity index (χ4v) is 1.89. The minimum absolute atomic E-state index is 0.204. The third-order valence-corrected chi connectivity index (χ3v) is 2.59. The summed E-state index contributed by atoms with van der Waals surface area (Å²) < 4.78 is 5.73. The summed E-state index contributed by atoms with van der Waals surface area (Å²) in [6.45, 7) is 8.48. The third kappa shape index (κ3) is 3.78. The molecule has 0 bridgehead atoms. The molecule has 0 saturated carbocycles. The van der Waals surface area contributed by atoms with Crippen LogP contribution >= 0.6 is 0 Å². The van der Waals surface area contributed by atoms with Crippen molar-refractivity contribution in [3.63, 3.8) is 0 Å². The van der Waals surface area contributed by atoms with Gasteiger partial charge in [0.15, 0.2) is 0 Å². The normalized spacial score (nSPS) is 27.1. The molecular formula is C11H21NO2. The number of nitrogens with zero attached hydrogens (tertiary/aromatic N) is 1. The van der Waals surface area contributed by atoms with Crippen LogP contribution in [0.2, 0.25) is 0 Å². The van der Waals surface area contributed by atoms with E-state index in [-0.39, 0.29) is 6.61 Å². The molecule has 14 heavy (non-hydrogen) atoms. The van der Waals surface area contributed by atoms with E-state index >= 15 is 0 Å². The number of hydrogen-bond donors (Lipinski definition) is 1. The van der Waals surface area contributed by atoms with Crippen molar-refractivity contribution in [2.24, 2.45) is 0 Å². The van der Waals surface area contributed by atoms with Crippen molar-refractivity contribution in [1.29, 1.82) is 0 Å². The van der Waals surface area contributed by atoms with Gasteiger partial charge in [0.05, 0.1) is 18.8 Å². The van der Waals surface area contributed by atoms with Crippen LogP contribution in [0.15, 0.2) is 12.7 Å². The maximum atomic E-state index is 8.87. The van der Waals surface area contributed by atoms with Gasteiger partial charge in [-0.2, -0.15) is 0 Å². The van der Waals surface area contributed by atoms with Crippen LogP contribution in [0, 0.1) is 0 Å². The van der Waals surface area contributed by atoms with Gasteiger partial charge in [-0.1, -0.05) is 6.08 Å². The van der Waals surface area contributed by atoms with Crippen molar-refractivity contribution in [3.05, 3.63) is 12.7 Å². The van der Waals surface area contributed by atoms with Crippen molar-refractivity contribution in [2.75, 3.05) is 26.2 Å². The lowest BCUT2D eigenvalue weighted by molar-refractivity contribution is 0.0308. The quantitative estimate of drug-likeness (QED) is 0.649. The Labute approximate surface area is 86.4 Å². The second-order valence-corrected chi connectivity index (χ2v) is 3.92. The highest BCUT2D eigenvalue weighted by Gasteiger charge is 2.23. The van der Waals surface area contributed by atoms with E-state index in [1.165, 1.54) is 0 Å². The average Bonchev–Trinajstić information content (AvgIpc) is 2.52. The van der Waals surface area contributed by atoms with Crippen LogP contribution in [0.25, 0.3) is 0 Å². The monoisotopic (exact) mass is 199 g/mol. The zero-order chi connectivity index (χ0) is 10.4. The number of aliphatic hydroxyl groups is 1.